The summed E-state index contributed by atoms with van der Waals surface area (Å²) in [5.41, 5.74) is 1.60. The molecule has 0 spiro atoms. The van der Waals surface area contributed by atoms with Gasteiger partial charge in [-0.15, -0.1) is 12.6 Å². The van der Waals surface area contributed by atoms with Gasteiger partial charge in [0.25, 0.3) is 10.0 Å². The van der Waals surface area contributed by atoms with Crippen molar-refractivity contribution < 1.29 is 23.1 Å². The summed E-state index contributed by atoms with van der Waals surface area (Å²) in [5.74, 6) is 0.935. The van der Waals surface area contributed by atoms with Gasteiger partial charge < -0.3 is 19.3 Å². The van der Waals surface area contributed by atoms with E-state index in [1.807, 2.05) is 4.57 Å². The first kappa shape index (κ1) is 28.2. The molecule has 4 aromatic rings. The molecule has 6 rings (SSSR count). The van der Waals surface area contributed by atoms with Crippen molar-refractivity contribution in [3.05, 3.63) is 54.6 Å². The number of fused-ring (bicyclic) bond motifs is 4. The maximum absolute atomic E-state index is 13.4. The Kier molecular flexibility index (Phi) is 7.19. The van der Waals surface area contributed by atoms with E-state index in [2.05, 4.69) is 32.7 Å². The van der Waals surface area contributed by atoms with Crippen LogP contribution in [0.4, 0.5) is 4.79 Å². The van der Waals surface area contributed by atoms with Gasteiger partial charge in [0.15, 0.2) is 10.8 Å². The first-order valence-corrected chi connectivity index (χ1v) is 15.3. The number of imidazole rings is 1. The zero-order chi connectivity index (χ0) is 29.8. The number of likely N-dealkylation sites (tertiary alicyclic amines) is 1. The second kappa shape index (κ2) is 10.7. The van der Waals surface area contributed by atoms with E-state index in [0.717, 1.165) is 18.4 Å². The Morgan fingerprint density at radius 2 is 1.90 bits per heavy atom. The van der Waals surface area contributed by atoms with E-state index in [0.29, 0.717) is 29.8 Å². The molecule has 0 bridgehead atoms. The number of carbonyl (C=O) groups is 1. The van der Waals surface area contributed by atoms with Crippen LogP contribution in [-0.4, -0.2) is 74.4 Å². The third-order valence-electron chi connectivity index (χ3n) is 8.03. The van der Waals surface area contributed by atoms with Gasteiger partial charge in [-0.2, -0.15) is 4.99 Å². The first-order valence-electron chi connectivity index (χ1n) is 13.4. The number of nitrogens with one attached hydrogen (secondary N) is 2. The highest BCUT2D eigenvalue weighted by atomic mass is 32.2. The number of pyridine rings is 1. The molecule has 3 aromatic heterocycles. The number of amidine groups is 2. The molecule has 3 N–H and O–H groups in total. The van der Waals surface area contributed by atoms with Crippen molar-refractivity contribution in [3.63, 3.8) is 0 Å². The molecule has 2 fully saturated rings. The monoisotopic (exact) mass is 610 g/mol. The predicted molar refractivity (Wildman–Crippen MR) is 159 cm³/mol. The SMILES string of the molecule is COC(=N)/N=C(\S)NC(=O)N1CC2C[C@H](n3c([C@@H](C)O)nc4cnc5c(ccn5S(=O)(=O)c5ccccc5)c43)C[C@H]2C1. The van der Waals surface area contributed by atoms with Crippen LogP contribution in [-0.2, 0) is 14.8 Å². The second-order valence-electron chi connectivity index (χ2n) is 10.6. The van der Waals surface area contributed by atoms with Crippen LogP contribution in [0.1, 0.15) is 37.7 Å². The summed E-state index contributed by atoms with van der Waals surface area (Å²) in [4.78, 5) is 27.6. The molecule has 1 aromatic carbocycles. The van der Waals surface area contributed by atoms with Gasteiger partial charge in [-0.1, -0.05) is 18.2 Å². The van der Waals surface area contributed by atoms with Crippen LogP contribution < -0.4 is 5.32 Å². The molecule has 0 radical (unpaired) electrons. The van der Waals surface area contributed by atoms with Crippen molar-refractivity contribution in [2.45, 2.75) is 36.8 Å². The van der Waals surface area contributed by atoms with Crippen molar-refractivity contribution in [3.8, 4) is 0 Å². The first-order chi connectivity index (χ1) is 20.1. The summed E-state index contributed by atoms with van der Waals surface area (Å²) in [6, 6.07) is 9.22. The van der Waals surface area contributed by atoms with Crippen molar-refractivity contribution in [1.82, 2.24) is 28.7 Å². The molecule has 2 amide bonds. The number of hydrogen-bond donors (Lipinski definition) is 4. The van der Waals surface area contributed by atoms with Gasteiger partial charge in [0.05, 0.1) is 23.7 Å². The quantitative estimate of drug-likeness (QED) is 0.156. The number of aromatic nitrogens is 4. The molecular formula is C27H30N8O5S2. The second-order valence-corrected chi connectivity index (χ2v) is 12.8. The molecule has 15 heteroatoms. The molecule has 4 atom stereocenters. The van der Waals surface area contributed by atoms with E-state index in [1.54, 1.807) is 54.4 Å². The Morgan fingerprint density at radius 3 is 2.55 bits per heavy atom. The van der Waals surface area contributed by atoms with Gasteiger partial charge in [-0.3, -0.25) is 5.32 Å². The minimum absolute atomic E-state index is 0.0105. The number of aliphatic hydroxyl groups is 1. The highest BCUT2D eigenvalue weighted by Crippen LogP contribution is 2.46. The number of amides is 2. The van der Waals surface area contributed by atoms with Crippen LogP contribution in [0.15, 0.2) is 58.7 Å². The van der Waals surface area contributed by atoms with E-state index in [1.165, 1.54) is 17.3 Å². The predicted octanol–water partition coefficient (Wildman–Crippen LogP) is 3.14. The normalized spacial score (nSPS) is 21.6. The summed E-state index contributed by atoms with van der Waals surface area (Å²) in [6.07, 6.45) is 3.71. The van der Waals surface area contributed by atoms with Gasteiger partial charge >= 0.3 is 12.1 Å². The van der Waals surface area contributed by atoms with Crippen LogP contribution in [0.25, 0.3) is 22.1 Å². The number of nitrogens with zero attached hydrogens (tertiary/aromatic N) is 6. The Morgan fingerprint density at radius 1 is 1.21 bits per heavy atom. The number of hydrogen-bond acceptors (Lipinski definition) is 8. The fourth-order valence-corrected chi connectivity index (χ4v) is 7.73. The summed E-state index contributed by atoms with van der Waals surface area (Å²) in [5, 5.41) is 21.3. The molecule has 1 unspecified atom stereocenters. The van der Waals surface area contributed by atoms with Crippen LogP contribution in [0, 0.1) is 17.2 Å². The molecule has 220 valence electrons. The minimum Gasteiger partial charge on any atom is -0.467 e. The highest BCUT2D eigenvalue weighted by Gasteiger charge is 2.44. The third kappa shape index (κ3) is 4.80. The van der Waals surface area contributed by atoms with Gasteiger partial charge in [0, 0.05) is 30.7 Å². The molecule has 13 nitrogen and oxygen atoms in total. The number of aliphatic hydroxyl groups excluding tert-OH is 1. The lowest BCUT2D eigenvalue weighted by Gasteiger charge is -2.22. The van der Waals surface area contributed by atoms with Gasteiger partial charge in [0.2, 0.25) is 0 Å². The summed E-state index contributed by atoms with van der Waals surface area (Å²) >= 11 is 4.12. The van der Waals surface area contributed by atoms with E-state index >= 15 is 0 Å². The zero-order valence-electron chi connectivity index (χ0n) is 22.9. The zero-order valence-corrected chi connectivity index (χ0v) is 24.6. The lowest BCUT2D eigenvalue weighted by atomic mass is 10.0. The van der Waals surface area contributed by atoms with E-state index < -0.39 is 16.1 Å². The van der Waals surface area contributed by atoms with Gasteiger partial charge in [-0.25, -0.2) is 32.6 Å². The summed E-state index contributed by atoms with van der Waals surface area (Å²) in [7, 11) is -2.57. The topological polar surface area (TPSA) is 168 Å². The van der Waals surface area contributed by atoms with E-state index in [-0.39, 0.29) is 45.6 Å². The Balaban J connectivity index is 1.31. The van der Waals surface area contributed by atoms with Crippen LogP contribution in [0.3, 0.4) is 0 Å². The molecule has 1 saturated carbocycles. The van der Waals surface area contributed by atoms with E-state index in [4.69, 9.17) is 10.4 Å². The van der Waals surface area contributed by atoms with E-state index in [9.17, 15) is 18.3 Å². The number of rotatable bonds is 4. The smallest absolute Gasteiger partial charge is 0.323 e. The average Bonchev–Trinajstić information content (AvgIpc) is 3.73. The number of methoxy groups -OCH3 is 1. The molecule has 4 heterocycles. The lowest BCUT2D eigenvalue weighted by Crippen LogP contribution is -2.41. The number of aliphatic imine (C=N–C) groups is 1. The number of benzene rings is 1. The molecule has 42 heavy (non-hydrogen) atoms. The fraction of sp³-hybridized carbons (Fsp3) is 0.370. The Hall–Kier alpha value is -3.95. The van der Waals surface area contributed by atoms with Crippen molar-refractivity contribution in [2.75, 3.05) is 20.2 Å². The molecular weight excluding hydrogens is 580 g/mol. The summed E-state index contributed by atoms with van der Waals surface area (Å²) < 4.78 is 34.8. The van der Waals surface area contributed by atoms with Crippen LogP contribution in [0.5, 0.6) is 0 Å². The van der Waals surface area contributed by atoms with Gasteiger partial charge in [-0.05, 0) is 49.8 Å². The number of ether oxygens (including phenoxy) is 1. The van der Waals surface area contributed by atoms with Crippen LogP contribution in [0.2, 0.25) is 0 Å². The number of carbonyl (C=O) groups excluding carboxylic acids is 1. The molecule has 1 aliphatic carbocycles. The van der Waals surface area contributed by atoms with Crippen LogP contribution >= 0.6 is 12.6 Å². The van der Waals surface area contributed by atoms with Crippen molar-refractivity contribution >= 4 is 61.9 Å². The third-order valence-corrected chi connectivity index (χ3v) is 9.92. The minimum atomic E-state index is -3.88. The number of urea groups is 1. The fourth-order valence-electron chi connectivity index (χ4n) is 6.22. The largest absolute Gasteiger partial charge is 0.467 e. The maximum Gasteiger partial charge on any atom is 0.323 e. The Bertz CT molecular complexity index is 1820. The molecule has 2 aliphatic rings. The maximum atomic E-state index is 13.4. The summed E-state index contributed by atoms with van der Waals surface area (Å²) in [6.45, 7) is 2.74. The van der Waals surface area contributed by atoms with Crippen molar-refractivity contribution in [1.29, 1.82) is 5.41 Å². The van der Waals surface area contributed by atoms with Crippen molar-refractivity contribution in [2.24, 2.45) is 16.8 Å². The standard InChI is InChI=1S/C27H30N8O5S2/c1-15(36)23-30-21-12-29-24-20(8-9-34(24)42(38,39)19-6-4-3-5-7-19)22(21)35(23)18-10-16-13-33(14-17(16)11-18)27(37)32-26(41)31-25(28)40-2/h3-9,12,15-18,36H,10-11,13-14H2,1-2H3,(H3,28,31,32,37,41)/t15-,16+,17?,18-/m1/s1. The van der Waals surface area contributed by atoms with Gasteiger partial charge in [0.1, 0.15) is 17.4 Å². The highest BCUT2D eigenvalue weighted by molar-refractivity contribution is 7.97. The molecule has 1 aliphatic heterocycles. The average molecular weight is 611 g/mol. The molecule has 1 saturated heterocycles. The number of thiol groups is 1. The lowest BCUT2D eigenvalue weighted by molar-refractivity contribution is 0.180. The Labute approximate surface area is 247 Å².